The van der Waals surface area contributed by atoms with Crippen LogP contribution < -0.4 is 5.32 Å². The highest BCUT2D eigenvalue weighted by Crippen LogP contribution is 2.66. The molecule has 4 rings (SSSR count). The molecule has 0 bridgehead atoms. The van der Waals surface area contributed by atoms with Gasteiger partial charge in [-0.3, -0.25) is 0 Å². The Bertz CT molecular complexity index is 599. The van der Waals surface area contributed by atoms with Crippen LogP contribution in [0.2, 0.25) is 0 Å². The van der Waals surface area contributed by atoms with E-state index in [1.54, 1.807) is 0 Å². The van der Waals surface area contributed by atoms with Crippen LogP contribution in [0.15, 0.2) is 11.6 Å². The summed E-state index contributed by atoms with van der Waals surface area (Å²) in [7, 11) is 0. The molecular formula is C27H47NO. The number of hydrogen-bond acceptors (Lipinski definition) is 2. The maximum atomic E-state index is 10.2. The summed E-state index contributed by atoms with van der Waals surface area (Å²) in [4.78, 5) is 0. The Morgan fingerprint density at radius 2 is 1.83 bits per heavy atom. The lowest BCUT2D eigenvalue weighted by atomic mass is 9.47. The smallest absolute Gasteiger partial charge is 0.0543 e. The van der Waals surface area contributed by atoms with E-state index < -0.39 is 0 Å². The van der Waals surface area contributed by atoms with Crippen molar-refractivity contribution < 1.29 is 5.11 Å². The van der Waals surface area contributed by atoms with E-state index >= 15 is 0 Å². The minimum atomic E-state index is -0.0431. The molecule has 0 saturated heterocycles. The molecule has 3 fully saturated rings. The van der Waals surface area contributed by atoms with Gasteiger partial charge in [0.05, 0.1) is 6.10 Å². The number of nitrogens with one attached hydrogen (secondary N) is 1. The lowest BCUT2D eigenvalue weighted by Gasteiger charge is -2.57. The number of allylic oxidation sites excluding steroid dienone is 2. The summed E-state index contributed by atoms with van der Waals surface area (Å²) in [5.74, 6) is 4.02. The second-order valence-electron chi connectivity index (χ2n) is 11.8. The van der Waals surface area contributed by atoms with Crippen LogP contribution in [0.25, 0.3) is 0 Å². The Kier molecular flexibility index (Phi) is 6.53. The van der Waals surface area contributed by atoms with E-state index in [0.717, 1.165) is 36.5 Å². The van der Waals surface area contributed by atoms with Gasteiger partial charge >= 0.3 is 0 Å². The topological polar surface area (TPSA) is 32.3 Å². The molecule has 0 radical (unpaired) electrons. The second kappa shape index (κ2) is 8.65. The largest absolute Gasteiger partial charge is 0.393 e. The molecule has 0 aliphatic heterocycles. The van der Waals surface area contributed by atoms with E-state index in [1.807, 2.05) is 5.57 Å². The van der Waals surface area contributed by atoms with Crippen LogP contribution in [0, 0.1) is 40.4 Å². The average Bonchev–Trinajstić information content (AvgIpc) is 3.05. The minimum absolute atomic E-state index is 0.0431. The number of unbranched alkanes of at least 4 members (excludes halogenated alkanes) is 2. The molecular weight excluding hydrogens is 354 g/mol. The maximum absolute atomic E-state index is 10.2. The van der Waals surface area contributed by atoms with E-state index in [9.17, 15) is 5.11 Å². The van der Waals surface area contributed by atoms with Crippen molar-refractivity contribution in [2.45, 2.75) is 104 Å². The maximum Gasteiger partial charge on any atom is 0.0543 e. The molecule has 2 nitrogen and oxygen atoms in total. The van der Waals surface area contributed by atoms with Crippen molar-refractivity contribution in [2.24, 2.45) is 40.4 Å². The summed E-state index contributed by atoms with van der Waals surface area (Å²) < 4.78 is 0. The Morgan fingerprint density at radius 1 is 1.07 bits per heavy atom. The molecule has 3 saturated carbocycles. The molecule has 0 amide bonds. The van der Waals surface area contributed by atoms with Crippen molar-refractivity contribution in [3.63, 3.8) is 0 Å². The number of aliphatic hydroxyl groups excluding tert-OH is 1. The first-order valence-corrected chi connectivity index (χ1v) is 13.0. The minimum Gasteiger partial charge on any atom is -0.393 e. The second-order valence-corrected chi connectivity index (χ2v) is 11.8. The number of aliphatic hydroxyl groups is 1. The van der Waals surface area contributed by atoms with Gasteiger partial charge < -0.3 is 10.4 Å². The molecule has 4 aliphatic rings. The van der Waals surface area contributed by atoms with Gasteiger partial charge in [-0.25, -0.2) is 0 Å². The SMILES string of the molecule is CCCCCNC[C@@H](C)[C@H]1CC[C@H]2C3=CC[C@H]4C[C@@H](O)CC[C@]4(C)[C@H]3CC[C@]12C. The van der Waals surface area contributed by atoms with Crippen molar-refractivity contribution in [1.29, 1.82) is 0 Å². The first-order valence-electron chi connectivity index (χ1n) is 13.0. The lowest BCUT2D eigenvalue weighted by molar-refractivity contribution is -0.0424. The van der Waals surface area contributed by atoms with E-state index in [0.29, 0.717) is 16.7 Å². The molecule has 29 heavy (non-hydrogen) atoms. The van der Waals surface area contributed by atoms with Crippen molar-refractivity contribution in [1.82, 2.24) is 5.32 Å². The van der Waals surface area contributed by atoms with Crippen molar-refractivity contribution in [2.75, 3.05) is 13.1 Å². The van der Waals surface area contributed by atoms with Crippen LogP contribution in [0.1, 0.15) is 98.3 Å². The van der Waals surface area contributed by atoms with E-state index in [-0.39, 0.29) is 6.10 Å². The number of rotatable bonds is 7. The van der Waals surface area contributed by atoms with E-state index in [4.69, 9.17) is 0 Å². The Hall–Kier alpha value is -0.340. The third-order valence-electron chi connectivity index (χ3n) is 10.2. The Balaban J connectivity index is 1.44. The fraction of sp³-hybridized carbons (Fsp3) is 0.926. The summed E-state index contributed by atoms with van der Waals surface area (Å²) in [5.41, 5.74) is 2.83. The monoisotopic (exact) mass is 401 g/mol. The molecule has 2 heteroatoms. The Morgan fingerprint density at radius 3 is 2.62 bits per heavy atom. The quantitative estimate of drug-likeness (QED) is 0.385. The standard InChI is InChI=1S/C27H47NO/c1-5-6-7-16-28-18-19(2)23-10-11-24-22-9-8-20-17-21(29)12-14-26(20,3)25(22)13-15-27(23,24)4/h9,19-21,23-25,28-29H,5-8,10-18H2,1-4H3/t19-,20+,21+,23-,24+,25+,26+,27-/m1/s1. The molecule has 4 aliphatic carbocycles. The van der Waals surface area contributed by atoms with Gasteiger partial charge in [0.25, 0.3) is 0 Å². The van der Waals surface area contributed by atoms with Crippen molar-refractivity contribution >= 4 is 0 Å². The predicted molar refractivity (Wildman–Crippen MR) is 123 cm³/mol. The van der Waals surface area contributed by atoms with Crippen LogP contribution in [0.4, 0.5) is 0 Å². The van der Waals surface area contributed by atoms with Crippen LogP contribution in [0.3, 0.4) is 0 Å². The highest BCUT2D eigenvalue weighted by atomic mass is 16.3. The van der Waals surface area contributed by atoms with Gasteiger partial charge in [-0.15, -0.1) is 0 Å². The first-order chi connectivity index (χ1) is 13.9. The van der Waals surface area contributed by atoms with Crippen molar-refractivity contribution in [3.8, 4) is 0 Å². The van der Waals surface area contributed by atoms with Gasteiger partial charge in [0.1, 0.15) is 0 Å². The zero-order valence-electron chi connectivity index (χ0n) is 19.7. The molecule has 8 atom stereocenters. The molecule has 0 aromatic rings. The van der Waals surface area contributed by atoms with E-state index in [1.165, 1.54) is 70.9 Å². The summed E-state index contributed by atoms with van der Waals surface area (Å²) in [6.07, 6.45) is 16.9. The third-order valence-corrected chi connectivity index (χ3v) is 10.2. The molecule has 0 heterocycles. The fourth-order valence-electron chi connectivity index (χ4n) is 8.44. The van der Waals surface area contributed by atoms with Gasteiger partial charge in [-0.1, -0.05) is 52.2 Å². The summed E-state index contributed by atoms with van der Waals surface area (Å²) >= 11 is 0. The van der Waals surface area contributed by atoms with Gasteiger partial charge in [0.2, 0.25) is 0 Å². The van der Waals surface area contributed by atoms with Gasteiger partial charge in [0, 0.05) is 0 Å². The third kappa shape index (κ3) is 3.86. The zero-order chi connectivity index (χ0) is 20.6. The highest BCUT2D eigenvalue weighted by molar-refractivity contribution is 5.27. The molecule has 2 N–H and O–H groups in total. The molecule has 166 valence electrons. The molecule has 0 spiro atoms. The summed E-state index contributed by atoms with van der Waals surface area (Å²) in [6.45, 7) is 12.4. The van der Waals surface area contributed by atoms with E-state index in [2.05, 4.69) is 39.1 Å². The number of fused-ring (bicyclic) bond motifs is 5. The molecule has 0 aromatic carbocycles. The predicted octanol–water partition coefficient (Wildman–Crippen LogP) is 6.34. The lowest BCUT2D eigenvalue weighted by Crippen LogP contribution is -2.50. The van der Waals surface area contributed by atoms with Crippen LogP contribution in [0.5, 0.6) is 0 Å². The average molecular weight is 402 g/mol. The van der Waals surface area contributed by atoms with Crippen LogP contribution in [-0.2, 0) is 0 Å². The normalized spacial score (nSPS) is 45.1. The fourth-order valence-corrected chi connectivity index (χ4v) is 8.44. The molecule has 0 aromatic heterocycles. The van der Waals surface area contributed by atoms with Gasteiger partial charge in [0.15, 0.2) is 0 Å². The van der Waals surface area contributed by atoms with Crippen LogP contribution >= 0.6 is 0 Å². The Labute approximate surface area is 180 Å². The molecule has 0 unspecified atom stereocenters. The summed E-state index contributed by atoms with van der Waals surface area (Å²) in [6, 6.07) is 0. The highest BCUT2D eigenvalue weighted by Gasteiger charge is 2.58. The first kappa shape index (κ1) is 21.9. The summed E-state index contributed by atoms with van der Waals surface area (Å²) in [5, 5.41) is 14.0. The van der Waals surface area contributed by atoms with Crippen LogP contribution in [-0.4, -0.2) is 24.3 Å². The van der Waals surface area contributed by atoms with Gasteiger partial charge in [-0.05, 0) is 111 Å². The van der Waals surface area contributed by atoms with Gasteiger partial charge in [-0.2, -0.15) is 0 Å². The van der Waals surface area contributed by atoms with Crippen molar-refractivity contribution in [3.05, 3.63) is 11.6 Å². The number of hydrogen-bond donors (Lipinski definition) is 2. The zero-order valence-corrected chi connectivity index (χ0v) is 19.7.